The van der Waals surface area contributed by atoms with Crippen LogP contribution in [0, 0.1) is 28.6 Å². The Bertz CT molecular complexity index is 1380. The van der Waals surface area contributed by atoms with Crippen molar-refractivity contribution in [3.8, 4) is 0 Å². The van der Waals surface area contributed by atoms with Gasteiger partial charge in [0, 0.05) is 23.5 Å². The van der Waals surface area contributed by atoms with E-state index in [9.17, 15) is 14.7 Å². The molecule has 0 bridgehead atoms. The number of aromatic amines is 1. The molecule has 4 aliphatic carbocycles. The van der Waals surface area contributed by atoms with Crippen molar-refractivity contribution in [3.63, 3.8) is 0 Å². The van der Waals surface area contributed by atoms with Crippen molar-refractivity contribution < 1.29 is 24.3 Å². The number of nitrogens with one attached hydrogen (secondary N) is 2. The summed E-state index contributed by atoms with van der Waals surface area (Å²) in [5, 5.41) is 18.8. The predicted octanol–water partition coefficient (Wildman–Crippen LogP) is 5.06. The molecule has 0 radical (unpaired) electrons. The molecule has 5 unspecified atom stereocenters. The Morgan fingerprint density at radius 1 is 1.12 bits per heavy atom. The van der Waals surface area contributed by atoms with E-state index in [1.807, 2.05) is 30.5 Å². The van der Waals surface area contributed by atoms with Crippen LogP contribution in [0.5, 0.6) is 0 Å². The second kappa shape index (κ2) is 10.9. The van der Waals surface area contributed by atoms with Gasteiger partial charge in [0.1, 0.15) is 6.04 Å². The molecule has 3 fully saturated rings. The lowest BCUT2D eigenvalue weighted by Gasteiger charge is -2.57. The van der Waals surface area contributed by atoms with Crippen LogP contribution in [0.3, 0.4) is 0 Å². The largest absolute Gasteiger partial charge is 0.467 e. The van der Waals surface area contributed by atoms with E-state index in [4.69, 9.17) is 9.57 Å². The maximum absolute atomic E-state index is 12.7. The molecule has 8 heteroatoms. The van der Waals surface area contributed by atoms with Crippen molar-refractivity contribution in [2.45, 2.75) is 83.8 Å². The highest BCUT2D eigenvalue weighted by molar-refractivity contribution is 5.96. The van der Waals surface area contributed by atoms with Gasteiger partial charge in [0.25, 0.3) is 5.91 Å². The summed E-state index contributed by atoms with van der Waals surface area (Å²) in [5.74, 6) is 1.07. The molecule has 1 aromatic heterocycles. The van der Waals surface area contributed by atoms with Gasteiger partial charge in [-0.2, -0.15) is 0 Å². The number of carbonyl (C=O) groups excluding carboxylic acids is 2. The Morgan fingerprint density at radius 3 is 2.78 bits per heavy atom. The quantitative estimate of drug-likeness (QED) is 0.323. The van der Waals surface area contributed by atoms with Gasteiger partial charge >= 0.3 is 5.97 Å². The minimum atomic E-state index is -0.825. The highest BCUT2D eigenvalue weighted by Crippen LogP contribution is 2.65. The molecule has 41 heavy (non-hydrogen) atoms. The van der Waals surface area contributed by atoms with Crippen molar-refractivity contribution >= 4 is 28.5 Å². The number of ether oxygens (including phenoxy) is 1. The number of aromatic nitrogens is 1. The highest BCUT2D eigenvalue weighted by atomic mass is 16.6. The van der Waals surface area contributed by atoms with Crippen LogP contribution < -0.4 is 5.32 Å². The molecule has 3 N–H and O–H groups in total. The van der Waals surface area contributed by atoms with Crippen molar-refractivity contribution in [1.82, 2.24) is 10.3 Å². The molecule has 1 aromatic carbocycles. The number of hydrogen-bond donors (Lipinski definition) is 3. The number of amides is 1. The topological polar surface area (TPSA) is 113 Å². The number of aliphatic hydroxyl groups is 1. The number of carbonyl (C=O) groups is 2. The fourth-order valence-electron chi connectivity index (χ4n) is 8.88. The SMILES string of the molecule is COC(=O)C(Cc1c[nH]c2ccccc12)NC(=O)CO/N=C1/C=C2CCC3C4CCC(O)[C@@]4(C)CCC3[C@@]2(C)CC1. The molecule has 8 nitrogen and oxygen atoms in total. The minimum Gasteiger partial charge on any atom is -0.467 e. The third-order valence-corrected chi connectivity index (χ3v) is 11.2. The van der Waals surface area contributed by atoms with Crippen LogP contribution >= 0.6 is 0 Å². The van der Waals surface area contributed by atoms with Gasteiger partial charge in [-0.05, 0) is 97.7 Å². The zero-order valence-corrected chi connectivity index (χ0v) is 24.4. The molecule has 4 aliphatic rings. The van der Waals surface area contributed by atoms with Gasteiger partial charge in [0.15, 0.2) is 6.61 Å². The van der Waals surface area contributed by atoms with Gasteiger partial charge in [-0.15, -0.1) is 0 Å². The second-order valence-electron chi connectivity index (χ2n) is 13.2. The molecule has 1 amide bonds. The Morgan fingerprint density at radius 2 is 1.95 bits per heavy atom. The zero-order valence-electron chi connectivity index (χ0n) is 24.4. The maximum Gasteiger partial charge on any atom is 0.328 e. The van der Waals surface area contributed by atoms with Crippen molar-refractivity contribution in [2.75, 3.05) is 13.7 Å². The number of oxime groups is 1. The second-order valence-corrected chi connectivity index (χ2v) is 13.2. The number of nitrogens with zero attached hydrogens (tertiary/aromatic N) is 1. The molecular formula is C33H43N3O5. The lowest BCUT2D eigenvalue weighted by Crippen LogP contribution is -2.51. The monoisotopic (exact) mass is 561 g/mol. The summed E-state index contributed by atoms with van der Waals surface area (Å²) in [4.78, 5) is 33.9. The van der Waals surface area contributed by atoms with Gasteiger partial charge in [-0.3, -0.25) is 4.79 Å². The van der Waals surface area contributed by atoms with E-state index in [0.717, 1.165) is 60.7 Å². The van der Waals surface area contributed by atoms with E-state index in [-0.39, 0.29) is 23.5 Å². The standard InChI is InChI=1S/C33H43N3O5/c1-32-14-12-22(17-21(32)8-9-24-25-10-11-29(37)33(25,2)15-13-26(24)32)36-41-19-30(38)35-28(31(39)40-3)16-20-18-34-27-7-5-4-6-23(20)27/h4-7,17-18,24-26,28-29,34,37H,8-16,19H2,1-3H3,(H,35,38)/b36-22+/t24?,25?,26?,28?,29?,32-,33-/m0/s1. The number of rotatable bonds is 7. The smallest absolute Gasteiger partial charge is 0.328 e. The first-order valence-electron chi connectivity index (χ1n) is 15.2. The number of hydrogen-bond acceptors (Lipinski definition) is 6. The van der Waals surface area contributed by atoms with Crippen LogP contribution in [-0.2, 0) is 25.6 Å². The molecule has 1 heterocycles. The van der Waals surface area contributed by atoms with Crippen LogP contribution in [0.1, 0.15) is 70.8 Å². The Labute approximate surface area is 241 Å². The van der Waals surface area contributed by atoms with Crippen molar-refractivity contribution in [3.05, 3.63) is 47.7 Å². The van der Waals surface area contributed by atoms with Gasteiger partial charge in [0.2, 0.25) is 0 Å². The first-order valence-corrected chi connectivity index (χ1v) is 15.2. The van der Waals surface area contributed by atoms with E-state index in [0.29, 0.717) is 24.2 Å². The van der Waals surface area contributed by atoms with E-state index in [2.05, 4.69) is 35.4 Å². The summed E-state index contributed by atoms with van der Waals surface area (Å²) in [6.07, 6.45) is 12.8. The number of methoxy groups -OCH3 is 1. The highest BCUT2D eigenvalue weighted by Gasteiger charge is 2.58. The van der Waals surface area contributed by atoms with E-state index >= 15 is 0 Å². The van der Waals surface area contributed by atoms with Gasteiger partial charge in [0.05, 0.1) is 18.9 Å². The van der Waals surface area contributed by atoms with Gasteiger partial charge < -0.3 is 25.0 Å². The van der Waals surface area contributed by atoms with Crippen LogP contribution in [0.4, 0.5) is 0 Å². The first-order chi connectivity index (χ1) is 19.7. The molecular weight excluding hydrogens is 518 g/mol. The van der Waals surface area contributed by atoms with E-state index < -0.39 is 17.9 Å². The molecule has 7 atom stereocenters. The molecule has 0 aliphatic heterocycles. The number of para-hydroxylation sites is 1. The number of H-pyrrole nitrogens is 1. The van der Waals surface area contributed by atoms with Gasteiger partial charge in [-0.1, -0.05) is 42.8 Å². The lowest BCUT2D eigenvalue weighted by atomic mass is 9.47. The summed E-state index contributed by atoms with van der Waals surface area (Å²) in [6.45, 7) is 4.50. The lowest BCUT2D eigenvalue weighted by molar-refractivity contribution is -0.145. The van der Waals surface area contributed by atoms with E-state index in [1.54, 1.807) is 0 Å². The maximum atomic E-state index is 12.7. The average Bonchev–Trinajstić information content (AvgIpc) is 3.52. The Kier molecular flexibility index (Phi) is 7.47. The summed E-state index contributed by atoms with van der Waals surface area (Å²) in [6, 6.07) is 7.02. The Balaban J connectivity index is 1.07. The van der Waals surface area contributed by atoms with Gasteiger partial charge in [-0.25, -0.2) is 4.79 Å². The Hall–Kier alpha value is -3.13. The summed E-state index contributed by atoms with van der Waals surface area (Å²) >= 11 is 0. The number of esters is 1. The molecule has 6 rings (SSSR count). The molecule has 0 saturated heterocycles. The number of benzene rings is 1. The molecule has 0 spiro atoms. The number of allylic oxidation sites excluding steroid dienone is 2. The zero-order chi connectivity index (χ0) is 28.8. The minimum absolute atomic E-state index is 0.0940. The van der Waals surface area contributed by atoms with Crippen LogP contribution in [0.15, 0.2) is 47.3 Å². The third kappa shape index (κ3) is 4.98. The van der Waals surface area contributed by atoms with E-state index in [1.165, 1.54) is 25.5 Å². The molecule has 2 aromatic rings. The number of aliphatic hydroxyl groups excluding tert-OH is 1. The van der Waals surface area contributed by atoms with Crippen LogP contribution in [0.25, 0.3) is 10.9 Å². The summed E-state index contributed by atoms with van der Waals surface area (Å²) < 4.78 is 4.95. The van der Waals surface area contributed by atoms with Crippen LogP contribution in [-0.4, -0.2) is 53.5 Å². The van der Waals surface area contributed by atoms with Crippen LogP contribution in [0.2, 0.25) is 0 Å². The third-order valence-electron chi connectivity index (χ3n) is 11.2. The predicted molar refractivity (Wildman–Crippen MR) is 157 cm³/mol. The molecule has 3 saturated carbocycles. The fraction of sp³-hybridized carbons (Fsp3) is 0.606. The molecule has 220 valence electrons. The normalized spacial score (nSPS) is 34.2. The summed E-state index contributed by atoms with van der Waals surface area (Å²) in [7, 11) is 1.32. The average molecular weight is 562 g/mol. The fourth-order valence-corrected chi connectivity index (χ4v) is 8.88. The van der Waals surface area contributed by atoms with Crippen molar-refractivity contribution in [2.24, 2.45) is 33.7 Å². The summed E-state index contributed by atoms with van der Waals surface area (Å²) in [5.41, 5.74) is 4.51. The first kappa shape index (κ1) is 28.0. The van der Waals surface area contributed by atoms with Crippen molar-refractivity contribution in [1.29, 1.82) is 0 Å². The number of fused-ring (bicyclic) bond motifs is 6.